The van der Waals surface area contributed by atoms with Crippen LogP contribution in [0.15, 0.2) is 6.20 Å². The van der Waals surface area contributed by atoms with E-state index in [1.807, 2.05) is 0 Å². The number of rotatable bonds is 5. The molecule has 106 valence electrons. The van der Waals surface area contributed by atoms with Crippen LogP contribution in [-0.4, -0.2) is 38.6 Å². The van der Waals surface area contributed by atoms with Gasteiger partial charge in [-0.2, -0.15) is 5.10 Å². The van der Waals surface area contributed by atoms with Crippen molar-refractivity contribution in [2.24, 2.45) is 13.0 Å². The van der Waals surface area contributed by atoms with Gasteiger partial charge >= 0.3 is 5.97 Å². The van der Waals surface area contributed by atoms with Crippen LogP contribution in [0.1, 0.15) is 41.7 Å². The molecule has 1 saturated carbocycles. The van der Waals surface area contributed by atoms with Crippen LogP contribution in [0.5, 0.6) is 0 Å². The normalized spacial score (nSPS) is 23.5. The number of aliphatic hydroxyl groups excluding tert-OH is 1. The summed E-state index contributed by atoms with van der Waals surface area (Å²) in [5.41, 5.74) is 0.900. The molecule has 6 heteroatoms. The third kappa shape index (κ3) is 3.33. The van der Waals surface area contributed by atoms with E-state index >= 15 is 0 Å². The van der Waals surface area contributed by atoms with Crippen molar-refractivity contribution in [3.63, 3.8) is 0 Å². The van der Waals surface area contributed by atoms with E-state index in [1.165, 1.54) is 6.20 Å². The molecule has 0 bridgehead atoms. The maximum Gasteiger partial charge on any atom is 0.339 e. The van der Waals surface area contributed by atoms with Crippen molar-refractivity contribution in [1.29, 1.82) is 0 Å². The lowest BCUT2D eigenvalue weighted by Crippen LogP contribution is -2.34. The van der Waals surface area contributed by atoms with Crippen molar-refractivity contribution in [2.75, 3.05) is 6.54 Å². The third-order valence-electron chi connectivity index (χ3n) is 3.86. The van der Waals surface area contributed by atoms with E-state index < -0.39 is 5.97 Å². The zero-order valence-corrected chi connectivity index (χ0v) is 11.2. The number of nitrogens with zero attached hydrogens (tertiary/aromatic N) is 2. The number of hydrogen-bond acceptors (Lipinski definition) is 4. The van der Waals surface area contributed by atoms with Crippen molar-refractivity contribution < 1.29 is 15.0 Å². The van der Waals surface area contributed by atoms with Gasteiger partial charge in [0.15, 0.2) is 0 Å². The van der Waals surface area contributed by atoms with Crippen LogP contribution in [-0.2, 0) is 13.6 Å². The SMILES string of the molecule is Cn1ncc(C(=O)O)c1CNCC1CCCCC1O. The first-order valence-electron chi connectivity index (χ1n) is 6.72. The second-order valence-corrected chi connectivity index (χ2v) is 5.18. The standard InChI is InChI=1S/C13H21N3O3/c1-16-11(10(7-15-16)13(18)19)8-14-6-9-4-2-3-5-12(9)17/h7,9,12,14,17H,2-6,8H2,1H3,(H,18,19). The van der Waals surface area contributed by atoms with Gasteiger partial charge in [0.05, 0.1) is 18.0 Å². The Morgan fingerprint density at radius 2 is 2.26 bits per heavy atom. The number of aromatic carboxylic acids is 1. The molecule has 2 unspecified atom stereocenters. The van der Waals surface area contributed by atoms with Gasteiger partial charge in [0.1, 0.15) is 5.56 Å². The smallest absolute Gasteiger partial charge is 0.339 e. The summed E-state index contributed by atoms with van der Waals surface area (Å²) in [5, 5.41) is 26.1. The lowest BCUT2D eigenvalue weighted by molar-refractivity contribution is 0.0680. The van der Waals surface area contributed by atoms with Gasteiger partial charge in [0.25, 0.3) is 0 Å². The minimum atomic E-state index is -0.956. The molecule has 2 atom stereocenters. The number of nitrogens with one attached hydrogen (secondary N) is 1. The summed E-state index contributed by atoms with van der Waals surface area (Å²) in [5.74, 6) is -0.683. The summed E-state index contributed by atoms with van der Waals surface area (Å²) >= 11 is 0. The van der Waals surface area contributed by atoms with Crippen LogP contribution in [0.25, 0.3) is 0 Å². The lowest BCUT2D eigenvalue weighted by atomic mass is 9.86. The molecule has 0 radical (unpaired) electrons. The highest BCUT2D eigenvalue weighted by molar-refractivity contribution is 5.88. The van der Waals surface area contributed by atoms with Crippen LogP contribution in [0.3, 0.4) is 0 Å². The van der Waals surface area contributed by atoms with E-state index in [0.29, 0.717) is 18.8 Å². The number of aliphatic hydroxyl groups is 1. The van der Waals surface area contributed by atoms with Crippen molar-refractivity contribution >= 4 is 5.97 Å². The fourth-order valence-corrected chi connectivity index (χ4v) is 2.65. The number of carbonyl (C=O) groups is 1. The average molecular weight is 267 g/mol. The van der Waals surface area contributed by atoms with Crippen LogP contribution in [0.4, 0.5) is 0 Å². The molecule has 1 aliphatic carbocycles. The Hall–Kier alpha value is -1.40. The quantitative estimate of drug-likeness (QED) is 0.733. The number of hydrogen-bond donors (Lipinski definition) is 3. The van der Waals surface area contributed by atoms with E-state index in [4.69, 9.17) is 5.11 Å². The van der Waals surface area contributed by atoms with Crippen molar-refractivity contribution in [2.45, 2.75) is 38.3 Å². The third-order valence-corrected chi connectivity index (χ3v) is 3.86. The molecule has 1 fully saturated rings. The summed E-state index contributed by atoms with van der Waals surface area (Å²) in [6.45, 7) is 1.17. The van der Waals surface area contributed by atoms with Gasteiger partial charge in [0.2, 0.25) is 0 Å². The molecule has 0 amide bonds. The van der Waals surface area contributed by atoms with Gasteiger partial charge in [-0.1, -0.05) is 12.8 Å². The predicted molar refractivity (Wildman–Crippen MR) is 69.8 cm³/mol. The Kier molecular flexibility index (Phi) is 4.55. The van der Waals surface area contributed by atoms with E-state index in [2.05, 4.69) is 10.4 Å². The van der Waals surface area contributed by atoms with Crippen LogP contribution in [0, 0.1) is 5.92 Å². The lowest BCUT2D eigenvalue weighted by Gasteiger charge is -2.27. The molecule has 0 spiro atoms. The van der Waals surface area contributed by atoms with Crippen molar-refractivity contribution in [3.8, 4) is 0 Å². The topological polar surface area (TPSA) is 87.4 Å². The highest BCUT2D eigenvalue weighted by Crippen LogP contribution is 2.23. The first-order valence-corrected chi connectivity index (χ1v) is 6.72. The molecule has 1 heterocycles. The Balaban J connectivity index is 1.88. The van der Waals surface area contributed by atoms with Gasteiger partial charge in [0, 0.05) is 20.1 Å². The molecule has 2 rings (SSSR count). The zero-order valence-electron chi connectivity index (χ0n) is 11.2. The molecule has 19 heavy (non-hydrogen) atoms. The van der Waals surface area contributed by atoms with Crippen LogP contribution >= 0.6 is 0 Å². The van der Waals surface area contributed by atoms with E-state index in [0.717, 1.165) is 25.7 Å². The second kappa shape index (κ2) is 6.16. The Morgan fingerprint density at radius 3 is 2.95 bits per heavy atom. The van der Waals surface area contributed by atoms with E-state index in [9.17, 15) is 9.90 Å². The van der Waals surface area contributed by atoms with Gasteiger partial charge in [-0.05, 0) is 18.8 Å². The van der Waals surface area contributed by atoms with Crippen LogP contribution < -0.4 is 5.32 Å². The molecule has 0 saturated heterocycles. The minimum absolute atomic E-state index is 0.230. The van der Waals surface area contributed by atoms with E-state index in [-0.39, 0.29) is 17.6 Å². The Morgan fingerprint density at radius 1 is 1.53 bits per heavy atom. The molecule has 1 aromatic rings. The highest BCUT2D eigenvalue weighted by atomic mass is 16.4. The average Bonchev–Trinajstić information content (AvgIpc) is 2.74. The van der Waals surface area contributed by atoms with Gasteiger partial charge in [-0.25, -0.2) is 4.79 Å². The largest absolute Gasteiger partial charge is 0.478 e. The summed E-state index contributed by atoms with van der Waals surface area (Å²) in [6, 6.07) is 0. The maximum absolute atomic E-state index is 11.0. The maximum atomic E-state index is 11.0. The zero-order chi connectivity index (χ0) is 13.8. The minimum Gasteiger partial charge on any atom is -0.478 e. The first-order chi connectivity index (χ1) is 9.09. The van der Waals surface area contributed by atoms with Crippen molar-refractivity contribution in [3.05, 3.63) is 17.5 Å². The molecule has 1 aromatic heterocycles. The van der Waals surface area contributed by atoms with Gasteiger partial charge in [-0.15, -0.1) is 0 Å². The number of carboxylic acids is 1. The summed E-state index contributed by atoms with van der Waals surface area (Å²) < 4.78 is 1.58. The summed E-state index contributed by atoms with van der Waals surface area (Å²) in [6.07, 6.45) is 5.31. The molecule has 3 N–H and O–H groups in total. The number of aromatic nitrogens is 2. The molecular weight excluding hydrogens is 246 g/mol. The van der Waals surface area contributed by atoms with Crippen LogP contribution in [0.2, 0.25) is 0 Å². The Bertz CT molecular complexity index is 444. The second-order valence-electron chi connectivity index (χ2n) is 5.18. The summed E-state index contributed by atoms with van der Waals surface area (Å²) in [4.78, 5) is 11.0. The molecule has 0 aromatic carbocycles. The fraction of sp³-hybridized carbons (Fsp3) is 0.692. The van der Waals surface area contributed by atoms with E-state index in [1.54, 1.807) is 11.7 Å². The molecule has 0 aliphatic heterocycles. The van der Waals surface area contributed by atoms with Crippen molar-refractivity contribution in [1.82, 2.24) is 15.1 Å². The fourth-order valence-electron chi connectivity index (χ4n) is 2.65. The molecular formula is C13H21N3O3. The molecule has 1 aliphatic rings. The predicted octanol–water partition coefficient (Wildman–Crippen LogP) is 0.759. The monoisotopic (exact) mass is 267 g/mol. The number of carboxylic acid groups (broad SMARTS) is 1. The number of aryl methyl sites for hydroxylation is 1. The van der Waals surface area contributed by atoms with Gasteiger partial charge < -0.3 is 15.5 Å². The first kappa shape index (κ1) is 14.0. The highest BCUT2D eigenvalue weighted by Gasteiger charge is 2.23. The van der Waals surface area contributed by atoms with Gasteiger partial charge in [-0.3, -0.25) is 4.68 Å². The molecule has 6 nitrogen and oxygen atoms in total. The Labute approximate surface area is 112 Å². The summed E-state index contributed by atoms with van der Waals surface area (Å²) in [7, 11) is 1.74.